The summed E-state index contributed by atoms with van der Waals surface area (Å²) in [6.45, 7) is 2.13. The van der Waals surface area contributed by atoms with E-state index in [1.165, 1.54) is 18.2 Å². The second kappa shape index (κ2) is 5.63. The van der Waals surface area contributed by atoms with Crippen LogP contribution in [0.5, 0.6) is 17.2 Å². The van der Waals surface area contributed by atoms with Crippen molar-refractivity contribution in [3.8, 4) is 17.2 Å². The van der Waals surface area contributed by atoms with Crippen molar-refractivity contribution in [3.63, 3.8) is 0 Å². The van der Waals surface area contributed by atoms with Gasteiger partial charge in [0.1, 0.15) is 23.7 Å². The molecule has 4 rings (SSSR count). The van der Waals surface area contributed by atoms with Crippen molar-refractivity contribution in [1.82, 2.24) is 0 Å². The molecular weight excluding hydrogens is 320 g/mol. The molecule has 0 atom stereocenters. The molecule has 0 bridgehead atoms. The van der Waals surface area contributed by atoms with Crippen LogP contribution in [0.25, 0.3) is 6.08 Å². The summed E-state index contributed by atoms with van der Waals surface area (Å²) >= 11 is 0. The molecule has 2 aromatic carbocycles. The molecule has 0 saturated carbocycles. The van der Waals surface area contributed by atoms with E-state index in [4.69, 9.17) is 9.47 Å². The zero-order valence-corrected chi connectivity index (χ0v) is 13.4. The summed E-state index contributed by atoms with van der Waals surface area (Å²) in [6.07, 6.45) is 3.08. The van der Waals surface area contributed by atoms with Crippen molar-refractivity contribution in [1.29, 1.82) is 0 Å². The number of hydrogen-bond donors (Lipinski definition) is 1. The van der Waals surface area contributed by atoms with Crippen LogP contribution in [0.1, 0.15) is 33.2 Å². The van der Waals surface area contributed by atoms with E-state index in [0.29, 0.717) is 23.5 Å². The van der Waals surface area contributed by atoms with Gasteiger partial charge in [0.25, 0.3) is 0 Å². The van der Waals surface area contributed by atoms with Gasteiger partial charge in [0.05, 0.1) is 5.56 Å². The summed E-state index contributed by atoms with van der Waals surface area (Å²) in [5, 5.41) is 9.35. The van der Waals surface area contributed by atoms with E-state index >= 15 is 0 Å². The smallest absolute Gasteiger partial charge is 0.231 e. The second-order valence-corrected chi connectivity index (χ2v) is 5.99. The largest absolute Gasteiger partial charge is 0.508 e. The number of benzene rings is 2. The summed E-state index contributed by atoms with van der Waals surface area (Å²) in [7, 11) is 0. The van der Waals surface area contributed by atoms with E-state index < -0.39 is 0 Å². The standard InChI is InChI=1S/C20H14O5/c1-11-8-15(22)18-16(24-10-11)7-6-14-19(23)17(25-20(14)18)9-12-2-4-13(21)5-3-12/h2-9,21H,10H2,1H3. The van der Waals surface area contributed by atoms with Crippen LogP contribution in [0, 0.1) is 0 Å². The van der Waals surface area contributed by atoms with E-state index in [1.807, 2.05) is 6.92 Å². The van der Waals surface area contributed by atoms with Crippen LogP contribution < -0.4 is 9.47 Å². The summed E-state index contributed by atoms with van der Waals surface area (Å²) in [6, 6.07) is 9.63. The van der Waals surface area contributed by atoms with Crippen LogP contribution in [-0.2, 0) is 0 Å². The van der Waals surface area contributed by atoms with Crippen molar-refractivity contribution in [2.75, 3.05) is 6.61 Å². The maximum absolute atomic E-state index is 12.6. The van der Waals surface area contributed by atoms with Crippen molar-refractivity contribution in [2.45, 2.75) is 6.92 Å². The van der Waals surface area contributed by atoms with Gasteiger partial charge in [-0.3, -0.25) is 9.59 Å². The average Bonchev–Trinajstić information content (AvgIpc) is 2.81. The molecule has 0 amide bonds. The fourth-order valence-corrected chi connectivity index (χ4v) is 2.84. The van der Waals surface area contributed by atoms with Gasteiger partial charge in [0, 0.05) is 0 Å². The quantitative estimate of drug-likeness (QED) is 0.808. The number of carbonyl (C=O) groups is 2. The predicted molar refractivity (Wildman–Crippen MR) is 91.1 cm³/mol. The lowest BCUT2D eigenvalue weighted by molar-refractivity contribution is 0.101. The molecule has 0 aliphatic carbocycles. The highest BCUT2D eigenvalue weighted by Crippen LogP contribution is 2.41. The van der Waals surface area contributed by atoms with Gasteiger partial charge in [0.2, 0.25) is 5.78 Å². The third-order valence-electron chi connectivity index (χ3n) is 4.07. The molecule has 0 radical (unpaired) electrons. The number of rotatable bonds is 1. The number of allylic oxidation sites excluding steroid dienone is 2. The van der Waals surface area contributed by atoms with E-state index in [-0.39, 0.29) is 34.4 Å². The van der Waals surface area contributed by atoms with Crippen LogP contribution in [-0.4, -0.2) is 23.3 Å². The summed E-state index contributed by atoms with van der Waals surface area (Å²) < 4.78 is 11.4. The van der Waals surface area contributed by atoms with Crippen LogP contribution in [0.3, 0.4) is 0 Å². The number of ketones is 2. The minimum atomic E-state index is -0.288. The lowest BCUT2D eigenvalue weighted by Crippen LogP contribution is -2.01. The highest BCUT2D eigenvalue weighted by molar-refractivity contribution is 6.19. The Morgan fingerprint density at radius 3 is 2.60 bits per heavy atom. The van der Waals surface area contributed by atoms with E-state index in [1.54, 1.807) is 30.3 Å². The van der Waals surface area contributed by atoms with Crippen molar-refractivity contribution >= 4 is 17.6 Å². The van der Waals surface area contributed by atoms with Gasteiger partial charge in [-0.15, -0.1) is 0 Å². The molecule has 25 heavy (non-hydrogen) atoms. The van der Waals surface area contributed by atoms with Crippen molar-refractivity contribution < 1.29 is 24.2 Å². The Bertz CT molecular complexity index is 964. The van der Waals surface area contributed by atoms with Crippen molar-refractivity contribution in [2.24, 2.45) is 0 Å². The number of phenols is 1. The number of fused-ring (bicyclic) bond motifs is 3. The molecular formula is C20H14O5. The van der Waals surface area contributed by atoms with Crippen LogP contribution >= 0.6 is 0 Å². The molecule has 2 aromatic rings. The normalized spacial score (nSPS) is 17.3. The first-order valence-corrected chi connectivity index (χ1v) is 7.77. The van der Waals surface area contributed by atoms with Crippen LogP contribution in [0.4, 0.5) is 0 Å². The monoisotopic (exact) mass is 334 g/mol. The summed E-state index contributed by atoms with van der Waals surface area (Å²) in [5.41, 5.74) is 2.13. The third-order valence-corrected chi connectivity index (χ3v) is 4.07. The van der Waals surface area contributed by atoms with E-state index in [0.717, 1.165) is 5.57 Å². The lowest BCUT2D eigenvalue weighted by Gasteiger charge is -2.09. The number of ether oxygens (including phenoxy) is 2. The summed E-state index contributed by atoms with van der Waals surface area (Å²) in [5.74, 6) is 0.398. The molecule has 0 aromatic heterocycles. The third kappa shape index (κ3) is 2.59. The molecule has 2 aliphatic rings. The van der Waals surface area contributed by atoms with E-state index in [9.17, 15) is 14.7 Å². The first-order chi connectivity index (χ1) is 12.0. The molecule has 0 saturated heterocycles. The number of aromatic hydroxyl groups is 1. The second-order valence-electron chi connectivity index (χ2n) is 5.99. The van der Waals surface area contributed by atoms with Crippen LogP contribution in [0.2, 0.25) is 0 Å². The van der Waals surface area contributed by atoms with Gasteiger partial charge in [-0.05, 0) is 54.5 Å². The highest BCUT2D eigenvalue weighted by Gasteiger charge is 2.34. The Balaban J connectivity index is 1.78. The predicted octanol–water partition coefficient (Wildman–Crippen LogP) is 3.53. The zero-order chi connectivity index (χ0) is 17.6. The van der Waals surface area contributed by atoms with Gasteiger partial charge in [-0.1, -0.05) is 12.1 Å². The highest BCUT2D eigenvalue weighted by atomic mass is 16.5. The number of hydrogen-bond acceptors (Lipinski definition) is 5. The fourth-order valence-electron chi connectivity index (χ4n) is 2.84. The number of Topliss-reactive ketones (excluding diaryl/α,β-unsaturated/α-hetero) is 1. The molecule has 5 nitrogen and oxygen atoms in total. The van der Waals surface area contributed by atoms with Crippen LogP contribution in [0.15, 0.2) is 53.8 Å². The molecule has 2 aliphatic heterocycles. The fraction of sp³-hybridized carbons (Fsp3) is 0.100. The molecule has 124 valence electrons. The lowest BCUT2D eigenvalue weighted by atomic mass is 10.0. The minimum Gasteiger partial charge on any atom is -0.508 e. The van der Waals surface area contributed by atoms with Crippen molar-refractivity contribution in [3.05, 3.63) is 70.5 Å². The Kier molecular flexibility index (Phi) is 3.42. The Morgan fingerprint density at radius 1 is 1.08 bits per heavy atom. The number of carbonyl (C=O) groups excluding carboxylic acids is 2. The Morgan fingerprint density at radius 2 is 1.84 bits per heavy atom. The first kappa shape index (κ1) is 15.2. The topological polar surface area (TPSA) is 72.8 Å². The molecule has 0 spiro atoms. The van der Waals surface area contributed by atoms with Gasteiger partial charge < -0.3 is 14.6 Å². The maximum atomic E-state index is 12.6. The van der Waals surface area contributed by atoms with E-state index in [2.05, 4.69) is 0 Å². The Hall–Kier alpha value is -3.34. The number of phenolic OH excluding ortho intramolecular Hbond substituents is 1. The van der Waals surface area contributed by atoms with Gasteiger partial charge in [0.15, 0.2) is 17.3 Å². The first-order valence-electron chi connectivity index (χ1n) is 7.77. The molecule has 0 fully saturated rings. The minimum absolute atomic E-state index is 0.131. The maximum Gasteiger partial charge on any atom is 0.231 e. The average molecular weight is 334 g/mol. The Labute approximate surface area is 143 Å². The van der Waals surface area contributed by atoms with Gasteiger partial charge in [-0.25, -0.2) is 0 Å². The molecule has 1 N–H and O–H groups in total. The van der Waals surface area contributed by atoms with Gasteiger partial charge in [-0.2, -0.15) is 0 Å². The van der Waals surface area contributed by atoms with Gasteiger partial charge >= 0.3 is 0 Å². The molecule has 0 unspecified atom stereocenters. The molecule has 2 heterocycles. The SMILES string of the molecule is CC1=CC(=O)c2c(ccc3c2OC(=Cc2ccc(O)cc2)C3=O)OC1. The zero-order valence-electron chi connectivity index (χ0n) is 13.4. The molecule has 5 heteroatoms. The summed E-state index contributed by atoms with van der Waals surface area (Å²) in [4.78, 5) is 25.1.